The molecule has 108 valence electrons. The molecule has 4 nitrogen and oxygen atoms in total. The van der Waals surface area contributed by atoms with E-state index in [1.807, 2.05) is 60.7 Å². The van der Waals surface area contributed by atoms with Crippen LogP contribution in [-0.4, -0.2) is 23.7 Å². The van der Waals surface area contributed by atoms with E-state index in [-0.39, 0.29) is 6.04 Å². The fraction of sp³-hybridized carbons (Fsp3) is 0.235. The monoisotopic (exact) mass is 283 g/mol. The van der Waals surface area contributed by atoms with Crippen molar-refractivity contribution in [3.05, 3.63) is 71.8 Å². The first-order valence-corrected chi connectivity index (χ1v) is 6.95. The summed E-state index contributed by atoms with van der Waals surface area (Å²) in [6.45, 7) is 0.326. The normalized spacial score (nSPS) is 26.0. The van der Waals surface area contributed by atoms with E-state index in [2.05, 4.69) is 5.32 Å². The van der Waals surface area contributed by atoms with Gasteiger partial charge >= 0.3 is 0 Å². The molecule has 2 aromatic carbocycles. The number of hydrogen-bond donors (Lipinski definition) is 2. The van der Waals surface area contributed by atoms with E-state index < -0.39 is 18.1 Å². The standard InChI is InChI=1S/C17H17NO3/c19-15-16(13-9-5-2-6-10-13)21-11-14(18-17(15)20)12-7-3-1-4-8-12/h1-10,14-16,19H,11H2,(H,18,20)/t14-,15+,16+/m0/s1. The van der Waals surface area contributed by atoms with Gasteiger partial charge < -0.3 is 15.2 Å². The van der Waals surface area contributed by atoms with Gasteiger partial charge in [0.1, 0.15) is 6.10 Å². The molecule has 1 aliphatic heterocycles. The van der Waals surface area contributed by atoms with Crippen molar-refractivity contribution in [2.24, 2.45) is 0 Å². The Hall–Kier alpha value is -2.17. The molecule has 3 atom stereocenters. The number of hydrogen-bond acceptors (Lipinski definition) is 3. The summed E-state index contributed by atoms with van der Waals surface area (Å²) in [4.78, 5) is 12.1. The van der Waals surface area contributed by atoms with E-state index >= 15 is 0 Å². The smallest absolute Gasteiger partial charge is 0.252 e. The van der Waals surface area contributed by atoms with E-state index in [1.165, 1.54) is 0 Å². The van der Waals surface area contributed by atoms with Crippen LogP contribution < -0.4 is 5.32 Å². The lowest BCUT2D eigenvalue weighted by Crippen LogP contribution is -2.37. The second kappa shape index (κ2) is 6.08. The number of rotatable bonds is 2. The highest BCUT2D eigenvalue weighted by atomic mass is 16.5. The molecule has 2 aromatic rings. The van der Waals surface area contributed by atoms with Crippen LogP contribution in [0.25, 0.3) is 0 Å². The van der Waals surface area contributed by atoms with Crippen LogP contribution in [0.4, 0.5) is 0 Å². The molecule has 0 aliphatic carbocycles. The Bertz CT molecular complexity index is 600. The average molecular weight is 283 g/mol. The third kappa shape index (κ3) is 2.96. The van der Waals surface area contributed by atoms with Gasteiger partial charge in [-0.15, -0.1) is 0 Å². The summed E-state index contributed by atoms with van der Waals surface area (Å²) in [6, 6.07) is 18.7. The molecule has 0 saturated carbocycles. The predicted octanol–water partition coefficient (Wildman–Crippen LogP) is 1.98. The second-order valence-electron chi connectivity index (χ2n) is 5.08. The highest BCUT2D eigenvalue weighted by molar-refractivity contribution is 5.82. The topological polar surface area (TPSA) is 58.6 Å². The molecule has 1 saturated heterocycles. The summed E-state index contributed by atoms with van der Waals surface area (Å²) < 4.78 is 5.81. The number of carbonyl (C=O) groups excluding carboxylic acids is 1. The van der Waals surface area contributed by atoms with Crippen molar-refractivity contribution in [1.82, 2.24) is 5.32 Å². The molecule has 2 N–H and O–H groups in total. The zero-order valence-electron chi connectivity index (χ0n) is 11.5. The van der Waals surface area contributed by atoms with Crippen LogP contribution in [0.2, 0.25) is 0 Å². The van der Waals surface area contributed by atoms with Gasteiger partial charge in [-0.1, -0.05) is 60.7 Å². The van der Waals surface area contributed by atoms with Gasteiger partial charge in [0.25, 0.3) is 5.91 Å². The van der Waals surface area contributed by atoms with Crippen LogP contribution in [0.3, 0.4) is 0 Å². The second-order valence-corrected chi connectivity index (χ2v) is 5.08. The summed E-state index contributed by atoms with van der Waals surface area (Å²) >= 11 is 0. The Labute approximate surface area is 123 Å². The summed E-state index contributed by atoms with van der Waals surface area (Å²) in [6.07, 6.45) is -1.85. The SMILES string of the molecule is O=C1N[C@H](c2ccccc2)CO[C@H](c2ccccc2)[C@H]1O. The van der Waals surface area contributed by atoms with E-state index in [1.54, 1.807) is 0 Å². The Morgan fingerprint density at radius 3 is 2.14 bits per heavy atom. The minimum absolute atomic E-state index is 0.248. The van der Waals surface area contributed by atoms with Gasteiger partial charge in [-0.3, -0.25) is 4.79 Å². The molecular formula is C17H17NO3. The number of nitrogens with one attached hydrogen (secondary N) is 1. The lowest BCUT2D eigenvalue weighted by molar-refractivity contribution is -0.134. The van der Waals surface area contributed by atoms with E-state index in [4.69, 9.17) is 4.74 Å². The highest BCUT2D eigenvalue weighted by Gasteiger charge is 2.34. The van der Waals surface area contributed by atoms with Gasteiger partial charge in [0.15, 0.2) is 6.10 Å². The molecule has 3 rings (SSSR count). The maximum Gasteiger partial charge on any atom is 0.252 e. The van der Waals surface area contributed by atoms with Crippen LogP contribution in [0, 0.1) is 0 Å². The van der Waals surface area contributed by atoms with Crippen molar-refractivity contribution in [2.45, 2.75) is 18.2 Å². The van der Waals surface area contributed by atoms with Crippen LogP contribution in [0.5, 0.6) is 0 Å². The molecule has 1 aliphatic rings. The number of benzene rings is 2. The number of carbonyl (C=O) groups is 1. The van der Waals surface area contributed by atoms with Crippen LogP contribution in [-0.2, 0) is 9.53 Å². The van der Waals surface area contributed by atoms with Gasteiger partial charge in [0, 0.05) is 0 Å². The molecule has 1 amide bonds. The predicted molar refractivity (Wildman–Crippen MR) is 78.5 cm³/mol. The summed E-state index contributed by atoms with van der Waals surface area (Å²) in [5, 5.41) is 13.0. The Kier molecular flexibility index (Phi) is 3.99. The van der Waals surface area contributed by atoms with Crippen LogP contribution in [0.15, 0.2) is 60.7 Å². The van der Waals surface area contributed by atoms with Gasteiger partial charge in [0.05, 0.1) is 12.6 Å². The lowest BCUT2D eigenvalue weighted by Gasteiger charge is -2.19. The third-order valence-corrected chi connectivity index (χ3v) is 3.64. The molecule has 0 unspecified atom stereocenters. The molecule has 21 heavy (non-hydrogen) atoms. The summed E-state index contributed by atoms with van der Waals surface area (Å²) in [5.41, 5.74) is 1.76. The zero-order chi connectivity index (χ0) is 14.7. The molecular weight excluding hydrogens is 266 g/mol. The molecule has 0 spiro atoms. The third-order valence-electron chi connectivity index (χ3n) is 3.64. The molecule has 0 bridgehead atoms. The van der Waals surface area contributed by atoms with Crippen LogP contribution >= 0.6 is 0 Å². The molecule has 0 radical (unpaired) electrons. The Morgan fingerprint density at radius 1 is 0.952 bits per heavy atom. The van der Waals surface area contributed by atoms with Crippen molar-refractivity contribution < 1.29 is 14.6 Å². The van der Waals surface area contributed by atoms with Gasteiger partial charge in [-0.2, -0.15) is 0 Å². The molecule has 1 fully saturated rings. The van der Waals surface area contributed by atoms with Gasteiger partial charge in [-0.05, 0) is 11.1 Å². The number of aliphatic hydroxyl groups is 1. The summed E-state index contributed by atoms with van der Waals surface area (Å²) in [7, 11) is 0. The number of ether oxygens (including phenoxy) is 1. The minimum atomic E-state index is -1.21. The van der Waals surface area contributed by atoms with E-state index in [0.717, 1.165) is 11.1 Å². The first-order valence-electron chi connectivity index (χ1n) is 6.95. The van der Waals surface area contributed by atoms with Crippen LogP contribution in [0.1, 0.15) is 23.3 Å². The molecule has 0 aromatic heterocycles. The van der Waals surface area contributed by atoms with E-state index in [9.17, 15) is 9.90 Å². The number of aliphatic hydroxyl groups excluding tert-OH is 1. The fourth-order valence-electron chi connectivity index (χ4n) is 2.51. The van der Waals surface area contributed by atoms with Crippen molar-refractivity contribution in [1.29, 1.82) is 0 Å². The number of amides is 1. The Morgan fingerprint density at radius 2 is 1.52 bits per heavy atom. The van der Waals surface area contributed by atoms with Crippen molar-refractivity contribution in [3.63, 3.8) is 0 Å². The van der Waals surface area contributed by atoms with Gasteiger partial charge in [-0.25, -0.2) is 0 Å². The Balaban J connectivity index is 1.84. The first kappa shape index (κ1) is 13.8. The quantitative estimate of drug-likeness (QED) is 0.886. The van der Waals surface area contributed by atoms with Crippen molar-refractivity contribution >= 4 is 5.91 Å². The maximum absolute atomic E-state index is 12.1. The zero-order valence-corrected chi connectivity index (χ0v) is 11.5. The summed E-state index contributed by atoms with van der Waals surface area (Å²) in [5.74, 6) is -0.407. The van der Waals surface area contributed by atoms with Crippen molar-refractivity contribution in [3.8, 4) is 0 Å². The van der Waals surface area contributed by atoms with Gasteiger partial charge in [0.2, 0.25) is 0 Å². The fourth-order valence-corrected chi connectivity index (χ4v) is 2.51. The minimum Gasteiger partial charge on any atom is -0.380 e. The highest BCUT2D eigenvalue weighted by Crippen LogP contribution is 2.27. The average Bonchev–Trinajstić information content (AvgIpc) is 2.69. The molecule has 4 heteroatoms. The maximum atomic E-state index is 12.1. The van der Waals surface area contributed by atoms with Crippen molar-refractivity contribution in [2.75, 3.05) is 6.61 Å². The largest absolute Gasteiger partial charge is 0.380 e. The van der Waals surface area contributed by atoms with E-state index in [0.29, 0.717) is 6.61 Å². The lowest BCUT2D eigenvalue weighted by atomic mass is 10.0. The molecule has 1 heterocycles. The first-order chi connectivity index (χ1) is 10.3.